The number of β-amino-alcohol motifs (C(OH)–C–C–N with tert-alkyl or cyclic N) is 1. The predicted octanol–water partition coefficient (Wildman–Crippen LogP) is 1.20. The first-order chi connectivity index (χ1) is 9.63. The third kappa shape index (κ3) is 3.79. The van der Waals surface area contributed by atoms with Gasteiger partial charge in [-0.25, -0.2) is 0 Å². The van der Waals surface area contributed by atoms with Crippen LogP contribution in [-0.4, -0.2) is 53.7 Å². The minimum absolute atomic E-state index is 0.415. The van der Waals surface area contributed by atoms with Gasteiger partial charge in [-0.05, 0) is 24.6 Å². The van der Waals surface area contributed by atoms with Crippen molar-refractivity contribution in [2.45, 2.75) is 32.5 Å². The third-order valence-corrected chi connectivity index (χ3v) is 4.29. The average Bonchev–Trinajstić information content (AvgIpc) is 2.47. The molecule has 1 fully saturated rings. The lowest BCUT2D eigenvalue weighted by Gasteiger charge is -2.40. The summed E-state index contributed by atoms with van der Waals surface area (Å²) in [5, 5.41) is 10.4. The highest BCUT2D eigenvalue weighted by Gasteiger charge is 2.24. The lowest BCUT2D eigenvalue weighted by Crippen LogP contribution is -2.52. The molecule has 1 aliphatic heterocycles. The van der Waals surface area contributed by atoms with E-state index >= 15 is 0 Å². The third-order valence-electron chi connectivity index (χ3n) is 4.29. The highest BCUT2D eigenvalue weighted by molar-refractivity contribution is 5.24. The molecule has 20 heavy (non-hydrogen) atoms. The van der Waals surface area contributed by atoms with Crippen molar-refractivity contribution >= 4 is 0 Å². The first-order valence-electron chi connectivity index (χ1n) is 7.57. The van der Waals surface area contributed by atoms with E-state index in [9.17, 15) is 5.11 Å². The van der Waals surface area contributed by atoms with Gasteiger partial charge in [0.25, 0.3) is 0 Å². The number of aliphatic hydroxyl groups excluding tert-OH is 1. The maximum absolute atomic E-state index is 10.4. The normalized spacial score (nSPS) is 22.9. The van der Waals surface area contributed by atoms with E-state index in [2.05, 4.69) is 23.6 Å². The van der Waals surface area contributed by atoms with Crippen molar-refractivity contribution in [3.8, 4) is 0 Å². The lowest BCUT2D eigenvalue weighted by atomic mass is 10.1. The van der Waals surface area contributed by atoms with Crippen LogP contribution in [0, 0.1) is 0 Å². The molecule has 1 heterocycles. The Bertz CT molecular complexity index is 407. The molecule has 0 saturated carbocycles. The Morgan fingerprint density at radius 2 is 2.00 bits per heavy atom. The van der Waals surface area contributed by atoms with Gasteiger partial charge in [-0.1, -0.05) is 31.2 Å². The molecule has 2 rings (SSSR count). The number of benzene rings is 1. The number of piperazine rings is 1. The average molecular weight is 277 g/mol. The van der Waals surface area contributed by atoms with Crippen molar-refractivity contribution < 1.29 is 5.11 Å². The Morgan fingerprint density at radius 1 is 1.30 bits per heavy atom. The van der Waals surface area contributed by atoms with Crippen LogP contribution in [0.2, 0.25) is 0 Å². The molecule has 2 atom stereocenters. The zero-order valence-electron chi connectivity index (χ0n) is 12.6. The van der Waals surface area contributed by atoms with Crippen molar-refractivity contribution in [3.05, 3.63) is 35.4 Å². The molecule has 2 unspecified atom stereocenters. The van der Waals surface area contributed by atoms with Gasteiger partial charge in [-0.2, -0.15) is 0 Å². The van der Waals surface area contributed by atoms with Crippen LogP contribution in [-0.2, 0) is 6.54 Å². The van der Waals surface area contributed by atoms with Crippen LogP contribution in [0.1, 0.15) is 31.1 Å². The van der Waals surface area contributed by atoms with E-state index in [1.807, 2.05) is 24.3 Å². The second kappa shape index (κ2) is 7.18. The largest absolute Gasteiger partial charge is 0.387 e. The molecular formula is C16H27N3O. The molecule has 0 spiro atoms. The quantitative estimate of drug-likeness (QED) is 0.849. The van der Waals surface area contributed by atoms with Crippen LogP contribution in [0.3, 0.4) is 0 Å². The fraction of sp³-hybridized carbons (Fsp3) is 0.625. The van der Waals surface area contributed by atoms with Crippen LogP contribution in [0.25, 0.3) is 0 Å². The number of likely N-dealkylation sites (N-methyl/N-ethyl adjacent to an activating group) is 1. The van der Waals surface area contributed by atoms with E-state index < -0.39 is 6.10 Å². The predicted molar refractivity (Wildman–Crippen MR) is 82.4 cm³/mol. The number of hydrogen-bond donors (Lipinski definition) is 2. The van der Waals surface area contributed by atoms with Crippen molar-refractivity contribution in [1.29, 1.82) is 0 Å². The van der Waals surface area contributed by atoms with Gasteiger partial charge in [-0.15, -0.1) is 0 Å². The van der Waals surface area contributed by atoms with Crippen LogP contribution in [0.5, 0.6) is 0 Å². The van der Waals surface area contributed by atoms with E-state index in [1.165, 1.54) is 0 Å². The topological polar surface area (TPSA) is 52.7 Å². The summed E-state index contributed by atoms with van der Waals surface area (Å²) >= 11 is 0. The first-order valence-corrected chi connectivity index (χ1v) is 7.57. The summed E-state index contributed by atoms with van der Waals surface area (Å²) in [6.45, 7) is 10.0. The van der Waals surface area contributed by atoms with Gasteiger partial charge in [0, 0.05) is 38.8 Å². The summed E-state index contributed by atoms with van der Waals surface area (Å²) in [4.78, 5) is 4.84. The molecule has 1 aromatic rings. The Labute approximate surface area is 122 Å². The molecule has 0 bridgehead atoms. The minimum Gasteiger partial charge on any atom is -0.387 e. The van der Waals surface area contributed by atoms with Gasteiger partial charge in [0.05, 0.1) is 6.10 Å². The number of aliphatic hydroxyl groups is 1. The van der Waals surface area contributed by atoms with Crippen LogP contribution < -0.4 is 5.73 Å². The summed E-state index contributed by atoms with van der Waals surface area (Å²) in [6, 6.07) is 8.53. The molecule has 112 valence electrons. The van der Waals surface area contributed by atoms with Gasteiger partial charge in [0.15, 0.2) is 0 Å². The summed E-state index contributed by atoms with van der Waals surface area (Å²) in [6.07, 6.45) is -0.415. The molecule has 1 aromatic carbocycles. The van der Waals surface area contributed by atoms with Crippen molar-refractivity contribution in [2.75, 3.05) is 32.7 Å². The van der Waals surface area contributed by atoms with E-state index in [-0.39, 0.29) is 0 Å². The molecular weight excluding hydrogens is 250 g/mol. The molecule has 0 aromatic heterocycles. The highest BCUT2D eigenvalue weighted by atomic mass is 16.3. The van der Waals surface area contributed by atoms with Crippen molar-refractivity contribution in [3.63, 3.8) is 0 Å². The van der Waals surface area contributed by atoms with Crippen molar-refractivity contribution in [2.24, 2.45) is 5.73 Å². The number of hydrogen-bond acceptors (Lipinski definition) is 4. The molecule has 4 nitrogen and oxygen atoms in total. The zero-order valence-corrected chi connectivity index (χ0v) is 12.6. The summed E-state index contributed by atoms with van der Waals surface area (Å²) in [7, 11) is 0. The van der Waals surface area contributed by atoms with Gasteiger partial charge >= 0.3 is 0 Å². The maximum atomic E-state index is 10.4. The summed E-state index contributed by atoms with van der Waals surface area (Å²) in [5.41, 5.74) is 7.67. The Morgan fingerprint density at radius 3 is 2.55 bits per heavy atom. The van der Waals surface area contributed by atoms with Crippen molar-refractivity contribution in [1.82, 2.24) is 9.80 Å². The number of rotatable bonds is 5. The number of nitrogens with two attached hydrogens (primary N) is 1. The van der Waals surface area contributed by atoms with E-state index in [0.29, 0.717) is 19.1 Å². The SMILES string of the molecule is CCN1CCN(CC(O)c2ccc(CN)cc2)CC1C. The van der Waals surface area contributed by atoms with Gasteiger partial charge in [0.2, 0.25) is 0 Å². The van der Waals surface area contributed by atoms with Gasteiger partial charge < -0.3 is 10.8 Å². The fourth-order valence-electron chi connectivity index (χ4n) is 2.93. The number of nitrogens with zero attached hydrogens (tertiary/aromatic N) is 2. The molecule has 0 radical (unpaired) electrons. The lowest BCUT2D eigenvalue weighted by molar-refractivity contribution is 0.0478. The molecule has 3 N–H and O–H groups in total. The van der Waals surface area contributed by atoms with E-state index in [1.54, 1.807) is 0 Å². The fourth-order valence-corrected chi connectivity index (χ4v) is 2.93. The second-order valence-electron chi connectivity index (χ2n) is 5.70. The monoisotopic (exact) mass is 277 g/mol. The van der Waals surface area contributed by atoms with Gasteiger partial charge in [0.1, 0.15) is 0 Å². The summed E-state index contributed by atoms with van der Waals surface area (Å²) < 4.78 is 0. The summed E-state index contributed by atoms with van der Waals surface area (Å²) in [5.74, 6) is 0. The molecule has 1 saturated heterocycles. The Balaban J connectivity index is 1.89. The second-order valence-corrected chi connectivity index (χ2v) is 5.70. The van der Waals surface area contributed by atoms with Crippen LogP contribution in [0.4, 0.5) is 0 Å². The highest BCUT2D eigenvalue weighted by Crippen LogP contribution is 2.17. The van der Waals surface area contributed by atoms with E-state index in [0.717, 1.165) is 37.3 Å². The zero-order chi connectivity index (χ0) is 14.5. The first kappa shape index (κ1) is 15.4. The standard InChI is InChI=1S/C16H27N3O/c1-3-19-9-8-18(11-13(19)2)12-16(20)15-6-4-14(10-17)5-7-15/h4-7,13,16,20H,3,8-12,17H2,1-2H3. The Hall–Kier alpha value is -0.940. The molecule has 1 aliphatic rings. The minimum atomic E-state index is -0.415. The van der Waals surface area contributed by atoms with Crippen LogP contribution >= 0.6 is 0 Å². The smallest absolute Gasteiger partial charge is 0.0916 e. The molecule has 0 amide bonds. The van der Waals surface area contributed by atoms with E-state index in [4.69, 9.17) is 5.73 Å². The van der Waals surface area contributed by atoms with Crippen LogP contribution in [0.15, 0.2) is 24.3 Å². The van der Waals surface area contributed by atoms with Gasteiger partial charge in [-0.3, -0.25) is 9.80 Å². The Kier molecular flexibility index (Phi) is 5.54. The molecule has 4 heteroatoms. The maximum Gasteiger partial charge on any atom is 0.0916 e. The molecule has 0 aliphatic carbocycles.